The summed E-state index contributed by atoms with van der Waals surface area (Å²) in [6, 6.07) is 5.74. The number of aromatic nitrogens is 3. The van der Waals surface area contributed by atoms with Gasteiger partial charge >= 0.3 is 8.69 Å². The minimum Gasteiger partial charge on any atom is -0.382 e. The summed E-state index contributed by atoms with van der Waals surface area (Å²) in [4.78, 5) is 3.92. The molecule has 9 heteroatoms. The molecule has 0 radical (unpaired) electrons. The van der Waals surface area contributed by atoms with Crippen LogP contribution in [0.5, 0.6) is 0 Å². The van der Waals surface area contributed by atoms with Crippen molar-refractivity contribution in [3.8, 4) is 6.07 Å². The maximum Gasteiger partial charge on any atom is 0.327 e. The van der Waals surface area contributed by atoms with Gasteiger partial charge in [0.2, 0.25) is 0 Å². The SMILES string of the molecule is N#C[C@]1(c2ccc3c(N)ncnn23)CC[C@@H](COP=O)O1. The van der Waals surface area contributed by atoms with Crippen LogP contribution in [-0.2, 0) is 19.4 Å². The predicted octanol–water partition coefficient (Wildman–Crippen LogP) is 1.43. The summed E-state index contributed by atoms with van der Waals surface area (Å²) in [7, 11) is -0.395. The largest absolute Gasteiger partial charge is 0.382 e. The molecule has 1 aliphatic rings. The third-order valence-corrected chi connectivity index (χ3v) is 3.83. The first-order valence-electron chi connectivity index (χ1n) is 6.32. The molecule has 0 bridgehead atoms. The molecular formula is C12H12N5O3P. The quantitative estimate of drug-likeness (QED) is 0.849. The molecule has 0 spiro atoms. The van der Waals surface area contributed by atoms with Crippen LogP contribution in [0, 0.1) is 11.3 Å². The van der Waals surface area contributed by atoms with Gasteiger partial charge in [0, 0.05) is 0 Å². The van der Waals surface area contributed by atoms with E-state index in [9.17, 15) is 9.83 Å². The Kier molecular flexibility index (Phi) is 3.55. The second-order valence-electron chi connectivity index (χ2n) is 4.75. The number of nitrogen functional groups attached to an aromatic ring is 1. The monoisotopic (exact) mass is 305 g/mol. The van der Waals surface area contributed by atoms with Crippen molar-refractivity contribution in [2.24, 2.45) is 0 Å². The van der Waals surface area contributed by atoms with E-state index >= 15 is 0 Å². The molecule has 1 fully saturated rings. The molecule has 1 aliphatic heterocycles. The van der Waals surface area contributed by atoms with E-state index < -0.39 is 14.3 Å². The highest BCUT2D eigenvalue weighted by Gasteiger charge is 2.44. The predicted molar refractivity (Wildman–Crippen MR) is 72.4 cm³/mol. The lowest BCUT2D eigenvalue weighted by atomic mass is 9.98. The zero-order valence-electron chi connectivity index (χ0n) is 11.0. The average molecular weight is 305 g/mol. The van der Waals surface area contributed by atoms with Crippen molar-refractivity contribution in [2.45, 2.75) is 24.5 Å². The Balaban J connectivity index is 1.98. The molecule has 0 unspecified atom stereocenters. The van der Waals surface area contributed by atoms with Gasteiger partial charge in [-0.3, -0.25) is 4.52 Å². The molecule has 1 saturated heterocycles. The molecule has 2 atom stereocenters. The van der Waals surface area contributed by atoms with Crippen LogP contribution in [0.4, 0.5) is 5.82 Å². The summed E-state index contributed by atoms with van der Waals surface area (Å²) in [6.07, 6.45) is 2.19. The number of nitrogens with two attached hydrogens (primary N) is 1. The second-order valence-corrected chi connectivity index (χ2v) is 5.16. The molecule has 0 aromatic carbocycles. The van der Waals surface area contributed by atoms with Gasteiger partial charge in [0.15, 0.2) is 11.4 Å². The molecule has 0 aliphatic carbocycles. The first-order valence-corrected chi connectivity index (χ1v) is 7.05. The van der Waals surface area contributed by atoms with Crippen LogP contribution < -0.4 is 5.73 Å². The lowest BCUT2D eigenvalue weighted by molar-refractivity contribution is -0.0261. The standard InChI is InChI=1S/C12H12N5O3P/c13-6-12(4-3-8(20-12)5-19-21-18)10-2-1-9-11(14)15-7-16-17(9)10/h1-2,7-8H,3-5H2,(H2,14,15,16)/t8-,12-/m0/s1. The Morgan fingerprint density at radius 2 is 2.52 bits per heavy atom. The van der Waals surface area contributed by atoms with Gasteiger partial charge in [-0.25, -0.2) is 14.1 Å². The summed E-state index contributed by atoms with van der Waals surface area (Å²) >= 11 is 0. The third-order valence-electron chi connectivity index (χ3n) is 3.58. The fourth-order valence-electron chi connectivity index (χ4n) is 2.58. The molecule has 108 valence electrons. The van der Waals surface area contributed by atoms with Gasteiger partial charge in [0.1, 0.15) is 17.9 Å². The number of hydrogen-bond acceptors (Lipinski definition) is 7. The van der Waals surface area contributed by atoms with Gasteiger partial charge in [0.25, 0.3) is 0 Å². The fourth-order valence-corrected chi connectivity index (χ4v) is 2.81. The first kappa shape index (κ1) is 13.9. The molecule has 3 heterocycles. The van der Waals surface area contributed by atoms with E-state index in [1.807, 2.05) is 0 Å². The molecule has 0 saturated carbocycles. The van der Waals surface area contributed by atoms with E-state index in [2.05, 4.69) is 16.2 Å². The first-order chi connectivity index (χ1) is 10.2. The Morgan fingerprint density at radius 1 is 1.67 bits per heavy atom. The topological polar surface area (TPSA) is 116 Å². The van der Waals surface area contributed by atoms with Crippen molar-refractivity contribution in [3.05, 3.63) is 24.2 Å². The van der Waals surface area contributed by atoms with Crippen molar-refractivity contribution in [1.29, 1.82) is 5.26 Å². The molecule has 3 rings (SSSR count). The van der Waals surface area contributed by atoms with Gasteiger partial charge in [-0.1, -0.05) is 0 Å². The van der Waals surface area contributed by atoms with Gasteiger partial charge in [-0.15, -0.1) is 0 Å². The van der Waals surface area contributed by atoms with E-state index in [-0.39, 0.29) is 12.7 Å². The van der Waals surface area contributed by atoms with E-state index in [1.54, 1.807) is 16.6 Å². The van der Waals surface area contributed by atoms with Crippen LogP contribution in [0.2, 0.25) is 0 Å². The van der Waals surface area contributed by atoms with Crippen LogP contribution in [0.3, 0.4) is 0 Å². The smallest absolute Gasteiger partial charge is 0.327 e. The Labute approximate surface area is 121 Å². The van der Waals surface area contributed by atoms with Crippen LogP contribution in [0.1, 0.15) is 18.5 Å². The number of ether oxygens (including phenoxy) is 1. The van der Waals surface area contributed by atoms with Crippen molar-refractivity contribution < 1.29 is 13.8 Å². The summed E-state index contributed by atoms with van der Waals surface area (Å²) in [6.45, 7) is 0.176. The molecule has 2 aromatic rings. The van der Waals surface area contributed by atoms with Gasteiger partial charge < -0.3 is 10.5 Å². The van der Waals surface area contributed by atoms with Crippen LogP contribution >= 0.6 is 8.69 Å². The molecule has 21 heavy (non-hydrogen) atoms. The highest BCUT2D eigenvalue weighted by molar-refractivity contribution is 7.17. The summed E-state index contributed by atoms with van der Waals surface area (Å²) in [5.74, 6) is 0.340. The average Bonchev–Trinajstić information content (AvgIpc) is 3.10. The molecular weight excluding hydrogens is 293 g/mol. The number of hydrogen-bond donors (Lipinski definition) is 1. The molecule has 8 nitrogen and oxygen atoms in total. The maximum absolute atomic E-state index is 10.4. The van der Waals surface area contributed by atoms with Crippen LogP contribution in [0.25, 0.3) is 5.52 Å². The minimum absolute atomic E-state index is 0.176. The number of nitrogens with zero attached hydrogens (tertiary/aromatic N) is 4. The highest BCUT2D eigenvalue weighted by Crippen LogP contribution is 2.39. The number of fused-ring (bicyclic) bond motifs is 1. The van der Waals surface area contributed by atoms with Gasteiger partial charge in [-0.05, 0) is 25.0 Å². The maximum atomic E-state index is 10.4. The third kappa shape index (κ3) is 2.25. The summed E-state index contributed by atoms with van der Waals surface area (Å²) in [5.41, 5.74) is 5.92. The zero-order chi connectivity index (χ0) is 14.9. The number of anilines is 1. The van der Waals surface area contributed by atoms with Crippen molar-refractivity contribution >= 4 is 20.0 Å². The van der Waals surface area contributed by atoms with Gasteiger partial charge in [-0.2, -0.15) is 10.4 Å². The minimum atomic E-state index is -1.11. The normalized spacial score (nSPS) is 25.4. The Hall–Kier alpha value is -2.07. The van der Waals surface area contributed by atoms with Crippen LogP contribution in [0.15, 0.2) is 18.5 Å². The van der Waals surface area contributed by atoms with E-state index in [4.69, 9.17) is 15.0 Å². The second kappa shape index (κ2) is 5.37. The lowest BCUT2D eigenvalue weighted by Crippen LogP contribution is -2.28. The van der Waals surface area contributed by atoms with Crippen molar-refractivity contribution in [1.82, 2.24) is 14.6 Å². The van der Waals surface area contributed by atoms with E-state index in [0.29, 0.717) is 29.9 Å². The van der Waals surface area contributed by atoms with Crippen molar-refractivity contribution in [2.75, 3.05) is 12.3 Å². The lowest BCUT2D eigenvalue weighted by Gasteiger charge is -2.21. The summed E-state index contributed by atoms with van der Waals surface area (Å²) < 4.78 is 22.6. The molecule has 0 amide bonds. The molecule has 2 aromatic heterocycles. The van der Waals surface area contributed by atoms with Crippen LogP contribution in [-0.4, -0.2) is 27.3 Å². The fraction of sp³-hybridized carbons (Fsp3) is 0.417. The molecule has 2 N–H and O–H groups in total. The van der Waals surface area contributed by atoms with E-state index in [1.165, 1.54) is 6.33 Å². The summed E-state index contributed by atoms with van der Waals surface area (Å²) in [5, 5.41) is 13.7. The zero-order valence-corrected chi connectivity index (χ0v) is 11.9. The van der Waals surface area contributed by atoms with E-state index in [0.717, 1.165) is 0 Å². The van der Waals surface area contributed by atoms with Crippen molar-refractivity contribution in [3.63, 3.8) is 0 Å². The number of nitriles is 1. The highest BCUT2D eigenvalue weighted by atomic mass is 31.1. The van der Waals surface area contributed by atoms with Gasteiger partial charge in [0.05, 0.1) is 18.4 Å². The Morgan fingerprint density at radius 3 is 3.29 bits per heavy atom. The number of rotatable bonds is 4. The Bertz CT molecular complexity index is 727.